The molecule has 0 fully saturated rings. The first kappa shape index (κ1) is 10.9. The van der Waals surface area contributed by atoms with Gasteiger partial charge in [-0.05, 0) is 20.9 Å². The van der Waals surface area contributed by atoms with Crippen LogP contribution in [-0.2, 0) is 4.74 Å². The Morgan fingerprint density at radius 1 is 1.45 bits per heavy atom. The van der Waals surface area contributed by atoms with Crippen LogP contribution in [0, 0.1) is 0 Å². The van der Waals surface area contributed by atoms with Gasteiger partial charge in [0.25, 0.3) is 0 Å². The summed E-state index contributed by atoms with van der Waals surface area (Å²) in [5.41, 5.74) is 5.68. The Labute approximate surface area is 69.5 Å². The van der Waals surface area contributed by atoms with Gasteiger partial charge < -0.3 is 10.5 Å². The maximum atomic E-state index is 5.60. The fourth-order valence-electron chi connectivity index (χ4n) is 0.687. The summed E-state index contributed by atoms with van der Waals surface area (Å²) < 4.78 is 4.97. The molecule has 3 nitrogen and oxygen atoms in total. The molecule has 0 bridgehead atoms. The summed E-state index contributed by atoms with van der Waals surface area (Å²) in [6.45, 7) is 6.62. The van der Waals surface area contributed by atoms with Gasteiger partial charge in [0.15, 0.2) is 0 Å². The minimum absolute atomic E-state index is 0.0819. The number of rotatable bonds is 5. The first-order chi connectivity index (χ1) is 5.04. The van der Waals surface area contributed by atoms with E-state index in [9.17, 15) is 0 Å². The van der Waals surface area contributed by atoms with E-state index >= 15 is 0 Å². The van der Waals surface area contributed by atoms with Crippen LogP contribution >= 0.6 is 0 Å². The molecule has 0 amide bonds. The van der Waals surface area contributed by atoms with Gasteiger partial charge in [-0.25, -0.2) is 0 Å². The van der Waals surface area contributed by atoms with Crippen LogP contribution in [0.25, 0.3) is 0 Å². The largest absolute Gasteiger partial charge is 0.383 e. The zero-order chi connectivity index (χ0) is 8.91. The Bertz CT molecular complexity index is 104. The van der Waals surface area contributed by atoms with E-state index in [2.05, 4.69) is 25.8 Å². The van der Waals surface area contributed by atoms with Gasteiger partial charge in [-0.15, -0.1) is 0 Å². The Morgan fingerprint density at radius 3 is 2.36 bits per heavy atom. The highest BCUT2D eigenvalue weighted by Crippen LogP contribution is 2.08. The summed E-state index contributed by atoms with van der Waals surface area (Å²) >= 11 is 0. The normalized spacial score (nSPS) is 12.5. The summed E-state index contributed by atoms with van der Waals surface area (Å²) in [5, 5.41) is 0. The van der Waals surface area contributed by atoms with Crippen molar-refractivity contribution in [1.82, 2.24) is 4.90 Å². The van der Waals surface area contributed by atoms with E-state index in [0.717, 1.165) is 13.2 Å². The fourth-order valence-corrected chi connectivity index (χ4v) is 0.687. The molecule has 0 rings (SSSR count). The van der Waals surface area contributed by atoms with E-state index in [4.69, 9.17) is 10.5 Å². The Hall–Kier alpha value is -0.120. The van der Waals surface area contributed by atoms with Crippen LogP contribution < -0.4 is 5.73 Å². The zero-order valence-corrected chi connectivity index (χ0v) is 8.05. The molecule has 0 spiro atoms. The third-order valence-corrected chi connectivity index (χ3v) is 2.16. The topological polar surface area (TPSA) is 38.5 Å². The molecule has 0 aliphatic carbocycles. The molecule has 68 valence electrons. The average Bonchev–Trinajstić information content (AvgIpc) is 2.00. The summed E-state index contributed by atoms with van der Waals surface area (Å²) in [4.78, 5) is 2.20. The maximum Gasteiger partial charge on any atom is 0.0589 e. The highest BCUT2D eigenvalue weighted by molar-refractivity contribution is 4.79. The summed E-state index contributed by atoms with van der Waals surface area (Å²) in [5.74, 6) is 0. The van der Waals surface area contributed by atoms with Crippen LogP contribution in [0.2, 0.25) is 0 Å². The molecular weight excluding hydrogens is 140 g/mol. The molecule has 11 heavy (non-hydrogen) atoms. The second-order valence-corrected chi connectivity index (χ2v) is 3.43. The predicted octanol–water partition coefficient (Wildman–Crippen LogP) is 0.302. The molecule has 3 heteroatoms. The van der Waals surface area contributed by atoms with Crippen LogP contribution in [0.3, 0.4) is 0 Å². The van der Waals surface area contributed by atoms with E-state index in [1.54, 1.807) is 7.11 Å². The lowest BCUT2D eigenvalue weighted by Crippen LogP contribution is -2.48. The molecule has 0 atom stereocenters. The lowest BCUT2D eigenvalue weighted by atomic mass is 10.0. The Kier molecular flexibility index (Phi) is 4.65. The van der Waals surface area contributed by atoms with Crippen molar-refractivity contribution in [2.24, 2.45) is 5.73 Å². The molecular formula is C8H20N2O. The maximum absolute atomic E-state index is 5.60. The first-order valence-corrected chi connectivity index (χ1v) is 3.95. The third-order valence-electron chi connectivity index (χ3n) is 2.16. The van der Waals surface area contributed by atoms with Crippen LogP contribution in [0.4, 0.5) is 0 Å². The van der Waals surface area contributed by atoms with E-state index in [1.807, 2.05) is 0 Å². The van der Waals surface area contributed by atoms with Crippen molar-refractivity contribution in [3.63, 3.8) is 0 Å². The highest BCUT2D eigenvalue weighted by Gasteiger charge is 2.20. The van der Waals surface area contributed by atoms with Gasteiger partial charge in [-0.2, -0.15) is 0 Å². The molecule has 0 saturated carbocycles. The second-order valence-electron chi connectivity index (χ2n) is 3.43. The number of hydrogen-bond donors (Lipinski definition) is 1. The van der Waals surface area contributed by atoms with Gasteiger partial charge in [0.1, 0.15) is 0 Å². The molecule has 0 aromatic carbocycles. The van der Waals surface area contributed by atoms with Crippen molar-refractivity contribution in [1.29, 1.82) is 0 Å². The van der Waals surface area contributed by atoms with Gasteiger partial charge in [0.2, 0.25) is 0 Å². The Balaban J connectivity index is 3.71. The van der Waals surface area contributed by atoms with Crippen molar-refractivity contribution in [3.8, 4) is 0 Å². The third kappa shape index (κ3) is 3.70. The van der Waals surface area contributed by atoms with Gasteiger partial charge in [-0.3, -0.25) is 4.90 Å². The van der Waals surface area contributed by atoms with Gasteiger partial charge in [0, 0.05) is 25.7 Å². The van der Waals surface area contributed by atoms with Crippen LogP contribution in [-0.4, -0.2) is 44.3 Å². The Morgan fingerprint density at radius 2 is 2.00 bits per heavy atom. The van der Waals surface area contributed by atoms with Gasteiger partial charge in [0.05, 0.1) is 6.61 Å². The molecule has 0 aromatic heterocycles. The summed E-state index contributed by atoms with van der Waals surface area (Å²) in [7, 11) is 3.77. The molecule has 2 N–H and O–H groups in total. The lowest BCUT2D eigenvalue weighted by Gasteiger charge is -2.34. The molecule has 0 aliphatic rings. The number of nitrogens with two attached hydrogens (primary N) is 1. The standard InChI is InChI=1S/C8H20N2O/c1-8(2,7-9)10(3)5-6-11-4/h5-7,9H2,1-4H3. The minimum Gasteiger partial charge on any atom is -0.383 e. The minimum atomic E-state index is 0.0819. The van der Waals surface area contributed by atoms with Crippen molar-refractivity contribution < 1.29 is 4.74 Å². The van der Waals surface area contributed by atoms with Crippen LogP contribution in [0.1, 0.15) is 13.8 Å². The number of methoxy groups -OCH3 is 1. The summed E-state index contributed by atoms with van der Waals surface area (Å²) in [6.07, 6.45) is 0. The smallest absolute Gasteiger partial charge is 0.0589 e. The lowest BCUT2D eigenvalue weighted by molar-refractivity contribution is 0.105. The first-order valence-electron chi connectivity index (χ1n) is 3.95. The van der Waals surface area contributed by atoms with Crippen molar-refractivity contribution in [2.45, 2.75) is 19.4 Å². The highest BCUT2D eigenvalue weighted by atomic mass is 16.5. The van der Waals surface area contributed by atoms with Gasteiger partial charge >= 0.3 is 0 Å². The number of ether oxygens (including phenoxy) is 1. The van der Waals surface area contributed by atoms with E-state index in [-0.39, 0.29) is 5.54 Å². The SMILES string of the molecule is COCCN(C)C(C)(C)CN. The zero-order valence-electron chi connectivity index (χ0n) is 8.05. The van der Waals surface area contributed by atoms with Crippen molar-refractivity contribution in [2.75, 3.05) is 33.9 Å². The number of likely N-dealkylation sites (N-methyl/N-ethyl adjacent to an activating group) is 1. The molecule has 0 saturated heterocycles. The molecule has 0 unspecified atom stereocenters. The molecule has 0 aromatic rings. The van der Waals surface area contributed by atoms with Crippen LogP contribution in [0.5, 0.6) is 0 Å². The quantitative estimate of drug-likeness (QED) is 0.628. The second kappa shape index (κ2) is 4.70. The van der Waals surface area contributed by atoms with E-state index in [1.165, 1.54) is 0 Å². The summed E-state index contributed by atoms with van der Waals surface area (Å²) in [6, 6.07) is 0. The van der Waals surface area contributed by atoms with Crippen molar-refractivity contribution in [3.05, 3.63) is 0 Å². The van der Waals surface area contributed by atoms with Crippen LogP contribution in [0.15, 0.2) is 0 Å². The fraction of sp³-hybridized carbons (Fsp3) is 1.00. The van der Waals surface area contributed by atoms with E-state index < -0.39 is 0 Å². The molecule has 0 radical (unpaired) electrons. The number of nitrogens with zero attached hydrogens (tertiary/aromatic N) is 1. The predicted molar refractivity (Wildman–Crippen MR) is 47.6 cm³/mol. The van der Waals surface area contributed by atoms with Gasteiger partial charge in [-0.1, -0.05) is 0 Å². The monoisotopic (exact) mass is 160 g/mol. The number of hydrogen-bond acceptors (Lipinski definition) is 3. The van der Waals surface area contributed by atoms with Crippen molar-refractivity contribution >= 4 is 0 Å². The average molecular weight is 160 g/mol. The van der Waals surface area contributed by atoms with E-state index in [0.29, 0.717) is 6.54 Å². The molecule has 0 heterocycles. The molecule has 0 aliphatic heterocycles.